The Morgan fingerprint density at radius 3 is 2.43 bits per heavy atom. The highest BCUT2D eigenvalue weighted by atomic mass is 32.2. The van der Waals surface area contributed by atoms with Crippen LogP contribution in [0.15, 0.2) is 29.2 Å². The van der Waals surface area contributed by atoms with Crippen molar-refractivity contribution in [2.45, 2.75) is 42.1 Å². The van der Waals surface area contributed by atoms with Crippen molar-refractivity contribution in [1.82, 2.24) is 9.97 Å². The first kappa shape index (κ1) is 20.8. The van der Waals surface area contributed by atoms with Crippen molar-refractivity contribution in [2.24, 2.45) is 0 Å². The molecule has 0 unspecified atom stereocenters. The van der Waals surface area contributed by atoms with Gasteiger partial charge in [-0.25, -0.2) is 4.98 Å². The smallest absolute Gasteiger partial charge is 0.351 e. The molecule has 0 atom stereocenters. The van der Waals surface area contributed by atoms with Gasteiger partial charge in [0.05, 0.1) is 17.8 Å². The van der Waals surface area contributed by atoms with Gasteiger partial charge in [0.2, 0.25) is 11.9 Å². The van der Waals surface area contributed by atoms with Gasteiger partial charge in [-0.2, -0.15) is 18.2 Å². The van der Waals surface area contributed by atoms with Crippen molar-refractivity contribution in [3.8, 4) is 0 Å². The van der Waals surface area contributed by atoms with Crippen LogP contribution in [0.5, 0.6) is 0 Å². The summed E-state index contributed by atoms with van der Waals surface area (Å²) in [6, 6.07) is 5.51. The minimum atomic E-state index is -4.31. The van der Waals surface area contributed by atoms with E-state index < -0.39 is 11.7 Å². The Morgan fingerprint density at radius 1 is 1.13 bits per heavy atom. The molecule has 0 saturated heterocycles. The van der Waals surface area contributed by atoms with Crippen LogP contribution in [0.4, 0.5) is 30.6 Å². The van der Waals surface area contributed by atoms with Crippen LogP contribution in [0.25, 0.3) is 0 Å². The molecule has 1 aliphatic carbocycles. The molecule has 6 nitrogen and oxygen atoms in total. The average molecular weight is 437 g/mol. The summed E-state index contributed by atoms with van der Waals surface area (Å²) in [5.74, 6) is 1.26. The van der Waals surface area contributed by atoms with Crippen molar-refractivity contribution in [3.63, 3.8) is 0 Å². The van der Waals surface area contributed by atoms with Crippen molar-refractivity contribution >= 4 is 35.1 Å². The molecule has 1 aromatic heterocycles. The van der Waals surface area contributed by atoms with Gasteiger partial charge in [-0.3, -0.25) is 4.79 Å². The highest BCUT2D eigenvalue weighted by Crippen LogP contribution is 2.40. The van der Waals surface area contributed by atoms with Crippen molar-refractivity contribution < 1.29 is 18.0 Å². The van der Waals surface area contributed by atoms with E-state index in [1.165, 1.54) is 12.1 Å². The van der Waals surface area contributed by atoms with Crippen LogP contribution in [-0.2, 0) is 11.0 Å². The Kier molecular flexibility index (Phi) is 5.29. The highest BCUT2D eigenvalue weighted by molar-refractivity contribution is 8.00. The molecule has 1 N–H and O–H groups in total. The number of benzene rings is 1. The lowest BCUT2D eigenvalue weighted by atomic mass is 9.92. The zero-order chi connectivity index (χ0) is 21.6. The molecule has 1 saturated carbocycles. The van der Waals surface area contributed by atoms with E-state index >= 15 is 0 Å². The number of amides is 1. The molecule has 2 aromatic rings. The van der Waals surface area contributed by atoms with Crippen LogP contribution in [0.3, 0.4) is 0 Å². The highest BCUT2D eigenvalue weighted by Gasteiger charge is 2.33. The first-order chi connectivity index (χ1) is 14.1. The summed E-state index contributed by atoms with van der Waals surface area (Å²) in [6.45, 7) is 2.13. The number of halogens is 3. The Bertz CT molecular complexity index is 960. The first-order valence-corrected chi connectivity index (χ1v) is 10.5. The summed E-state index contributed by atoms with van der Waals surface area (Å²) in [7, 11) is 3.56. The third-order valence-electron chi connectivity index (χ3n) is 5.40. The molecule has 0 bridgehead atoms. The van der Waals surface area contributed by atoms with Gasteiger partial charge in [0, 0.05) is 30.3 Å². The number of aromatic nitrogens is 2. The lowest BCUT2D eigenvalue weighted by molar-refractivity contribution is -0.137. The summed E-state index contributed by atoms with van der Waals surface area (Å²) >= 11 is 1.59. The predicted octanol–water partition coefficient (Wildman–Crippen LogP) is 3.95. The summed E-state index contributed by atoms with van der Waals surface area (Å²) < 4.78 is 38.0. The van der Waals surface area contributed by atoms with Crippen LogP contribution in [0.1, 0.15) is 24.1 Å². The quantitative estimate of drug-likeness (QED) is 0.782. The number of nitrogens with one attached hydrogen (secondary N) is 1. The van der Waals surface area contributed by atoms with E-state index in [1.54, 1.807) is 23.7 Å². The van der Waals surface area contributed by atoms with Crippen LogP contribution < -0.4 is 15.1 Å². The largest absolute Gasteiger partial charge is 0.416 e. The molecule has 30 heavy (non-hydrogen) atoms. The summed E-state index contributed by atoms with van der Waals surface area (Å²) in [4.78, 5) is 25.4. The molecule has 2 heterocycles. The van der Waals surface area contributed by atoms with Crippen molar-refractivity contribution in [3.05, 3.63) is 35.5 Å². The maximum atomic E-state index is 12.7. The second-order valence-corrected chi connectivity index (χ2v) is 9.06. The summed E-state index contributed by atoms with van der Waals surface area (Å²) in [5.41, 5.74) is 0.834. The molecule has 4 rings (SSSR count). The van der Waals surface area contributed by atoms with Gasteiger partial charge in [0.15, 0.2) is 5.82 Å². The lowest BCUT2D eigenvalue weighted by Crippen LogP contribution is -2.43. The maximum Gasteiger partial charge on any atom is 0.416 e. The number of rotatable bonds is 4. The van der Waals surface area contributed by atoms with E-state index in [1.807, 2.05) is 18.9 Å². The van der Waals surface area contributed by atoms with Gasteiger partial charge in [0.1, 0.15) is 5.69 Å². The zero-order valence-electron chi connectivity index (χ0n) is 16.8. The van der Waals surface area contributed by atoms with E-state index in [-0.39, 0.29) is 18.5 Å². The fourth-order valence-corrected chi connectivity index (χ4v) is 5.00. The maximum absolute atomic E-state index is 12.7. The van der Waals surface area contributed by atoms with E-state index in [0.717, 1.165) is 47.1 Å². The van der Waals surface area contributed by atoms with Gasteiger partial charge in [-0.15, -0.1) is 11.8 Å². The Morgan fingerprint density at radius 2 is 1.80 bits per heavy atom. The van der Waals surface area contributed by atoms with Crippen LogP contribution in [0, 0.1) is 6.92 Å². The SMILES string of the molecule is Cc1nc(NC2CC(Sc3ccc(C(F)(F)F)cc3)C2)nc2c1N(C)C(=O)CN2C. The molecule has 0 spiro atoms. The fourth-order valence-electron chi connectivity index (χ4n) is 3.66. The normalized spacial score (nSPS) is 21.3. The average Bonchev–Trinajstić information content (AvgIpc) is 2.64. The van der Waals surface area contributed by atoms with Crippen LogP contribution in [0.2, 0.25) is 0 Å². The van der Waals surface area contributed by atoms with Crippen LogP contribution in [-0.4, -0.2) is 47.8 Å². The molecule has 0 radical (unpaired) electrons. The van der Waals surface area contributed by atoms with Gasteiger partial charge >= 0.3 is 6.18 Å². The molecule has 1 amide bonds. The Hall–Kier alpha value is -2.49. The van der Waals surface area contributed by atoms with Gasteiger partial charge in [-0.05, 0) is 44.0 Å². The minimum absolute atomic E-state index is 0.000431. The molecular formula is C20H22F3N5OS. The van der Waals surface area contributed by atoms with Gasteiger partial charge in [0.25, 0.3) is 0 Å². The number of alkyl halides is 3. The Balaban J connectivity index is 1.36. The summed E-state index contributed by atoms with van der Waals surface area (Å²) in [5, 5.41) is 3.68. The van der Waals surface area contributed by atoms with E-state index in [0.29, 0.717) is 11.2 Å². The van der Waals surface area contributed by atoms with Crippen molar-refractivity contribution in [1.29, 1.82) is 0 Å². The number of thioether (sulfide) groups is 1. The van der Waals surface area contributed by atoms with E-state index in [2.05, 4.69) is 15.3 Å². The second-order valence-electron chi connectivity index (χ2n) is 7.69. The zero-order valence-corrected chi connectivity index (χ0v) is 17.6. The monoisotopic (exact) mass is 437 g/mol. The fraction of sp³-hybridized carbons (Fsp3) is 0.450. The molecule has 1 fully saturated rings. The predicted molar refractivity (Wildman–Crippen MR) is 111 cm³/mol. The number of hydrogen-bond acceptors (Lipinski definition) is 6. The number of likely N-dealkylation sites (N-methyl/N-ethyl adjacent to an activating group) is 2. The van der Waals surface area contributed by atoms with Crippen LogP contribution >= 0.6 is 11.8 Å². The van der Waals surface area contributed by atoms with Gasteiger partial charge < -0.3 is 15.1 Å². The standard InChI is InChI=1S/C20H22F3N5OS/c1-11-17-18(27(2)10-16(29)28(17)3)26-19(24-11)25-13-8-15(9-13)30-14-6-4-12(5-7-14)20(21,22)23/h4-7,13,15H,8-10H2,1-3H3,(H,24,25,26). The van der Waals surface area contributed by atoms with E-state index in [4.69, 9.17) is 0 Å². The number of hydrogen-bond donors (Lipinski definition) is 1. The number of aryl methyl sites for hydroxylation is 1. The summed E-state index contributed by atoms with van der Waals surface area (Å²) in [6.07, 6.45) is -2.56. The number of anilines is 3. The van der Waals surface area contributed by atoms with E-state index in [9.17, 15) is 18.0 Å². The molecule has 160 valence electrons. The topological polar surface area (TPSA) is 61.4 Å². The molecule has 1 aliphatic heterocycles. The molecule has 1 aromatic carbocycles. The number of carbonyl (C=O) groups excluding carboxylic acids is 1. The molecule has 10 heteroatoms. The number of fused-ring (bicyclic) bond motifs is 1. The third kappa shape index (κ3) is 4.05. The first-order valence-electron chi connectivity index (χ1n) is 9.58. The third-order valence-corrected chi connectivity index (χ3v) is 6.66. The number of carbonyl (C=O) groups is 1. The molecular weight excluding hydrogens is 415 g/mol. The number of nitrogens with zero attached hydrogens (tertiary/aromatic N) is 4. The molecule has 2 aliphatic rings. The van der Waals surface area contributed by atoms with Crippen molar-refractivity contribution in [2.75, 3.05) is 35.8 Å². The second kappa shape index (κ2) is 7.64. The minimum Gasteiger partial charge on any atom is -0.351 e. The lowest BCUT2D eigenvalue weighted by Gasteiger charge is -2.36. The van der Waals surface area contributed by atoms with Gasteiger partial charge in [-0.1, -0.05) is 0 Å². The Labute approximate surface area is 176 Å².